The molecule has 3 aromatic carbocycles. The van der Waals surface area contributed by atoms with E-state index in [0.29, 0.717) is 40.7 Å². The number of aliphatic hydroxyl groups is 1. The molecule has 0 atom stereocenters. The third kappa shape index (κ3) is 6.31. The van der Waals surface area contributed by atoms with Gasteiger partial charge in [-0.1, -0.05) is 36.4 Å². The number of hydrogen-bond acceptors (Lipinski definition) is 6. The van der Waals surface area contributed by atoms with E-state index in [0.717, 1.165) is 12.1 Å². The van der Waals surface area contributed by atoms with Crippen LogP contribution >= 0.6 is 0 Å². The Morgan fingerprint density at radius 2 is 1.46 bits per heavy atom. The molecular weight excluding hydrogens is 619 g/mol. The Hall–Kier alpha value is -5.18. The lowest BCUT2D eigenvalue weighted by atomic mass is 9.98. The number of aromatic nitrogens is 5. The predicted octanol–water partition coefficient (Wildman–Crippen LogP) is 7.06. The molecule has 0 fully saturated rings. The summed E-state index contributed by atoms with van der Waals surface area (Å²) in [6.45, 7) is 0.347. The van der Waals surface area contributed by atoms with Gasteiger partial charge < -0.3 is 16.6 Å². The van der Waals surface area contributed by atoms with Crippen LogP contribution in [0.5, 0.6) is 0 Å². The van der Waals surface area contributed by atoms with Crippen molar-refractivity contribution in [1.29, 1.82) is 0 Å². The van der Waals surface area contributed by atoms with E-state index < -0.39 is 29.3 Å². The summed E-state index contributed by atoms with van der Waals surface area (Å²) in [5, 5.41) is 18.3. The van der Waals surface area contributed by atoms with Crippen molar-refractivity contribution in [3.8, 4) is 22.4 Å². The third-order valence-electron chi connectivity index (χ3n) is 7.15. The molecule has 0 saturated heterocycles. The minimum atomic E-state index is -4.78. The molecule has 0 aliphatic rings. The number of aryl methyl sites for hydroxylation is 2. The fourth-order valence-corrected chi connectivity index (χ4v) is 5.06. The Labute approximate surface area is 256 Å². The van der Waals surface area contributed by atoms with Crippen molar-refractivity contribution in [2.45, 2.75) is 25.3 Å². The molecule has 0 saturated carbocycles. The Kier molecular flexibility index (Phi) is 8.62. The number of aliphatic hydroxyl groups excluding tert-OH is 1. The van der Waals surface area contributed by atoms with Gasteiger partial charge in [-0.2, -0.15) is 36.5 Å². The smallest absolute Gasteiger partial charge is 0.396 e. The summed E-state index contributed by atoms with van der Waals surface area (Å²) in [6.07, 6.45) is -8.80. The summed E-state index contributed by atoms with van der Waals surface area (Å²) in [7, 11) is 1.64. The molecule has 8 nitrogen and oxygen atoms in total. The number of fused-ring (bicyclic) bond motifs is 2. The maximum Gasteiger partial charge on any atom is 0.419 e. The molecule has 0 bridgehead atoms. The first-order valence-corrected chi connectivity index (χ1v) is 13.7. The largest absolute Gasteiger partial charge is 0.419 e. The van der Waals surface area contributed by atoms with Crippen molar-refractivity contribution in [3.63, 3.8) is 0 Å². The molecule has 0 radical (unpaired) electrons. The first-order chi connectivity index (χ1) is 21.7. The molecule has 0 unspecified atom stereocenters. The van der Waals surface area contributed by atoms with Gasteiger partial charge in [0.1, 0.15) is 5.82 Å². The maximum atomic E-state index is 13.7. The van der Waals surface area contributed by atoms with Crippen LogP contribution in [0, 0.1) is 5.82 Å². The summed E-state index contributed by atoms with van der Waals surface area (Å²) in [4.78, 5) is 4.33. The van der Waals surface area contributed by atoms with Crippen molar-refractivity contribution >= 4 is 33.6 Å². The van der Waals surface area contributed by atoms with E-state index in [9.17, 15) is 30.7 Å². The van der Waals surface area contributed by atoms with Gasteiger partial charge in [-0.3, -0.25) is 4.68 Å². The molecule has 0 spiro atoms. The number of halogens is 7. The van der Waals surface area contributed by atoms with Gasteiger partial charge in [0.05, 0.1) is 27.7 Å². The zero-order valence-electron chi connectivity index (χ0n) is 24.0. The molecule has 6 aromatic rings. The normalized spacial score (nSPS) is 12.0. The first kappa shape index (κ1) is 32.2. The van der Waals surface area contributed by atoms with Gasteiger partial charge in [-0.05, 0) is 53.9 Å². The van der Waals surface area contributed by atoms with Crippen LogP contribution in [-0.4, -0.2) is 36.3 Å². The number of nitrogens with two attached hydrogens (primary N) is 2. The summed E-state index contributed by atoms with van der Waals surface area (Å²) in [5.74, 6) is -0.750. The Bertz CT molecular complexity index is 2030. The minimum absolute atomic E-state index is 0.000352. The molecule has 0 aliphatic heterocycles. The van der Waals surface area contributed by atoms with Crippen LogP contribution in [0.4, 0.5) is 42.4 Å². The van der Waals surface area contributed by atoms with Crippen LogP contribution in [-0.2, 0) is 25.9 Å². The van der Waals surface area contributed by atoms with E-state index in [-0.39, 0.29) is 34.8 Å². The van der Waals surface area contributed by atoms with Gasteiger partial charge in [-0.15, -0.1) is 0 Å². The van der Waals surface area contributed by atoms with Crippen LogP contribution in [0.3, 0.4) is 0 Å². The molecule has 3 aromatic heterocycles. The number of nitrogen functional groups attached to an aromatic ring is 2. The lowest BCUT2D eigenvalue weighted by Gasteiger charge is -2.14. The Morgan fingerprint density at radius 1 is 0.783 bits per heavy atom. The molecule has 0 aliphatic carbocycles. The number of hydrogen-bond donors (Lipinski definition) is 3. The van der Waals surface area contributed by atoms with Gasteiger partial charge >= 0.3 is 12.4 Å². The second kappa shape index (κ2) is 12.3. The number of rotatable bonds is 5. The molecule has 15 heteroatoms. The van der Waals surface area contributed by atoms with Crippen LogP contribution in [0.25, 0.3) is 44.3 Å². The second-order valence-electron chi connectivity index (χ2n) is 10.2. The van der Waals surface area contributed by atoms with Crippen molar-refractivity contribution in [2.75, 3.05) is 18.1 Å². The number of benzene rings is 3. The van der Waals surface area contributed by atoms with Crippen LogP contribution in [0.15, 0.2) is 72.8 Å². The fourth-order valence-electron chi connectivity index (χ4n) is 5.06. The number of pyridine rings is 1. The zero-order chi connectivity index (χ0) is 33.4. The molecule has 6 rings (SSSR count). The number of nitrogens with zero attached hydrogens (tertiary/aromatic N) is 5. The van der Waals surface area contributed by atoms with E-state index >= 15 is 0 Å². The van der Waals surface area contributed by atoms with Gasteiger partial charge in [0.2, 0.25) is 0 Å². The SMILES string of the molecule is Cn1nc(N)c2ccc(-c3cccc(F)c3C(F)(F)F)cc21.Nc1nn(CCCO)c2nc(-c3ccccc3C(F)(F)F)ccc12. The average molecular weight is 646 g/mol. The van der Waals surface area contributed by atoms with Gasteiger partial charge in [0, 0.05) is 31.1 Å². The summed E-state index contributed by atoms with van der Waals surface area (Å²) < 4.78 is 95.6. The minimum Gasteiger partial charge on any atom is -0.396 e. The first-order valence-electron chi connectivity index (χ1n) is 13.7. The predicted molar refractivity (Wildman–Crippen MR) is 160 cm³/mol. The lowest BCUT2D eigenvalue weighted by molar-refractivity contribution is -0.139. The van der Waals surface area contributed by atoms with E-state index in [4.69, 9.17) is 16.6 Å². The van der Waals surface area contributed by atoms with Crippen molar-refractivity contribution in [2.24, 2.45) is 7.05 Å². The van der Waals surface area contributed by atoms with Crippen molar-refractivity contribution < 1.29 is 35.8 Å². The molecular formula is C31H26F7N7O. The number of anilines is 2. The Morgan fingerprint density at radius 3 is 2.15 bits per heavy atom. The highest BCUT2D eigenvalue weighted by atomic mass is 19.4. The average Bonchev–Trinajstić information content (AvgIpc) is 3.48. The van der Waals surface area contributed by atoms with E-state index in [1.807, 2.05) is 0 Å². The topological polar surface area (TPSA) is 121 Å². The molecule has 46 heavy (non-hydrogen) atoms. The molecule has 5 N–H and O–H groups in total. The highest BCUT2D eigenvalue weighted by Crippen LogP contribution is 2.40. The highest BCUT2D eigenvalue weighted by molar-refractivity contribution is 5.92. The Balaban J connectivity index is 0.000000182. The second-order valence-corrected chi connectivity index (χ2v) is 10.2. The summed E-state index contributed by atoms with van der Waals surface area (Å²) in [5.41, 5.74) is 10.7. The quantitative estimate of drug-likeness (QED) is 0.173. The van der Waals surface area contributed by atoms with Gasteiger partial charge in [-0.25, -0.2) is 14.1 Å². The number of alkyl halides is 6. The lowest BCUT2D eigenvalue weighted by Crippen LogP contribution is -2.10. The van der Waals surface area contributed by atoms with Crippen LogP contribution in [0.1, 0.15) is 17.5 Å². The highest BCUT2D eigenvalue weighted by Gasteiger charge is 2.37. The zero-order valence-corrected chi connectivity index (χ0v) is 24.0. The third-order valence-corrected chi connectivity index (χ3v) is 7.15. The maximum absolute atomic E-state index is 13.7. The van der Waals surface area contributed by atoms with Crippen LogP contribution < -0.4 is 11.5 Å². The molecule has 240 valence electrons. The van der Waals surface area contributed by atoms with E-state index in [1.54, 1.807) is 19.2 Å². The van der Waals surface area contributed by atoms with E-state index in [2.05, 4.69) is 15.2 Å². The standard InChI is InChI=1S/C16H15F3N4O.C15H11F4N3/c17-16(18,19)12-5-2-1-4-10(12)13-7-6-11-14(20)22-23(8-3-9-24)15(11)21-13;1-22-12-7-8(5-6-10(12)14(20)21-22)9-3-2-4-11(16)13(9)15(17,18)19/h1-2,4-7,24H,3,8-9H2,(H2,20,22);2-7H,1H3,(H2,20,21). The van der Waals surface area contributed by atoms with Crippen molar-refractivity contribution in [3.05, 3.63) is 89.7 Å². The fraction of sp³-hybridized carbons (Fsp3) is 0.194. The van der Waals surface area contributed by atoms with Gasteiger partial charge in [0.15, 0.2) is 17.3 Å². The summed E-state index contributed by atoms with van der Waals surface area (Å²) in [6, 6.07) is 16.3. The molecule has 3 heterocycles. The van der Waals surface area contributed by atoms with Crippen molar-refractivity contribution in [1.82, 2.24) is 24.5 Å². The van der Waals surface area contributed by atoms with Gasteiger partial charge in [0.25, 0.3) is 0 Å². The monoisotopic (exact) mass is 645 g/mol. The summed E-state index contributed by atoms with van der Waals surface area (Å²) >= 11 is 0. The van der Waals surface area contributed by atoms with E-state index in [1.165, 1.54) is 57.9 Å². The molecule has 0 amide bonds. The van der Waals surface area contributed by atoms with Crippen LogP contribution in [0.2, 0.25) is 0 Å².